The molecule has 0 spiro atoms. The molecule has 5 unspecified atom stereocenters. The number of nitrogens with zero attached hydrogens (tertiary/aromatic N) is 1. The summed E-state index contributed by atoms with van der Waals surface area (Å²) < 4.78 is 10.9. The predicted octanol–water partition coefficient (Wildman–Crippen LogP) is 1.92. The van der Waals surface area contributed by atoms with Crippen LogP contribution in [0.15, 0.2) is 0 Å². The van der Waals surface area contributed by atoms with E-state index >= 15 is 0 Å². The Hall–Kier alpha value is 1.37. The van der Waals surface area contributed by atoms with Crippen LogP contribution in [0.4, 0.5) is 0 Å². The van der Waals surface area contributed by atoms with Gasteiger partial charge in [0.25, 0.3) is 0 Å². The fourth-order valence-corrected chi connectivity index (χ4v) is 3.55. The molecule has 0 aromatic heterocycles. The standard InChI is InChI=1S/C11H26NO4P5/c13-10(17)1-5-15-7-3-12(9-20-18)4-8-16-6-2-11(14)21-19/h20-21H,1-9,17-19H2. The number of carbonyl (C=O) groups excluding carboxylic acids is 2. The van der Waals surface area contributed by atoms with Gasteiger partial charge in [0.2, 0.25) is 0 Å². The van der Waals surface area contributed by atoms with Crippen molar-refractivity contribution in [1.29, 1.82) is 0 Å². The molecule has 0 saturated heterocycles. The first-order valence-corrected chi connectivity index (χ1v) is 13.1. The first-order valence-electron chi connectivity index (χ1n) is 6.69. The molecular formula is C11H26NO4P5. The highest BCUT2D eigenvalue weighted by atomic mass is 32.0. The maximum atomic E-state index is 11.1. The van der Waals surface area contributed by atoms with Crippen LogP contribution in [0.25, 0.3) is 0 Å². The van der Waals surface area contributed by atoms with Gasteiger partial charge in [-0.05, 0) is 8.27 Å². The lowest BCUT2D eigenvalue weighted by Gasteiger charge is -2.21. The smallest absolute Gasteiger partial charge is 0.157 e. The van der Waals surface area contributed by atoms with E-state index in [9.17, 15) is 9.59 Å². The van der Waals surface area contributed by atoms with E-state index in [0.29, 0.717) is 39.3 Å². The molecule has 10 heteroatoms. The van der Waals surface area contributed by atoms with Crippen molar-refractivity contribution in [3.8, 4) is 0 Å². The van der Waals surface area contributed by atoms with Crippen molar-refractivity contribution in [2.24, 2.45) is 0 Å². The first-order chi connectivity index (χ1) is 10.1. The summed E-state index contributed by atoms with van der Waals surface area (Å²) in [5.74, 6) is 0. The van der Waals surface area contributed by atoms with Crippen LogP contribution in [0.1, 0.15) is 12.8 Å². The van der Waals surface area contributed by atoms with Gasteiger partial charge in [-0.25, -0.2) is 0 Å². The fourth-order valence-electron chi connectivity index (χ4n) is 1.40. The second-order valence-electron chi connectivity index (χ2n) is 4.24. The highest BCUT2D eigenvalue weighted by molar-refractivity contribution is 8.11. The minimum atomic E-state index is 0.0762. The van der Waals surface area contributed by atoms with Crippen molar-refractivity contribution in [2.45, 2.75) is 12.8 Å². The predicted molar refractivity (Wildman–Crippen MR) is 103 cm³/mol. The average molecular weight is 391 g/mol. The summed E-state index contributed by atoms with van der Waals surface area (Å²) in [4.78, 5) is 24.1. The summed E-state index contributed by atoms with van der Waals surface area (Å²) >= 11 is 0. The Morgan fingerprint density at radius 2 is 1.52 bits per heavy atom. The average Bonchev–Trinajstić information content (AvgIpc) is 2.45. The third kappa shape index (κ3) is 16.0. The minimum Gasteiger partial charge on any atom is -0.380 e. The molecule has 0 saturated carbocycles. The van der Waals surface area contributed by atoms with Crippen LogP contribution in [0.2, 0.25) is 0 Å². The molecule has 0 rings (SSSR count). The van der Waals surface area contributed by atoms with E-state index in [2.05, 4.69) is 32.0 Å². The van der Waals surface area contributed by atoms with Crippen LogP contribution in [0.3, 0.4) is 0 Å². The van der Waals surface area contributed by atoms with E-state index in [1.807, 2.05) is 0 Å². The Balaban J connectivity index is 3.61. The number of rotatable bonds is 15. The highest BCUT2D eigenvalue weighted by Crippen LogP contribution is 2.22. The summed E-state index contributed by atoms with van der Waals surface area (Å²) in [6.07, 6.45) is 1.94. The van der Waals surface area contributed by atoms with Crippen LogP contribution < -0.4 is 0 Å². The maximum Gasteiger partial charge on any atom is 0.157 e. The number of hydrogen-bond donors (Lipinski definition) is 0. The Labute approximate surface area is 137 Å². The van der Waals surface area contributed by atoms with Gasteiger partial charge in [0.05, 0.1) is 26.4 Å². The third-order valence-corrected chi connectivity index (χ3v) is 5.55. The summed E-state index contributed by atoms with van der Waals surface area (Å²) in [5.41, 5.74) is 0.313. The molecular weight excluding hydrogens is 365 g/mol. The first kappa shape index (κ1) is 22.4. The Bertz CT molecular complexity index is 296. The molecule has 0 aliphatic heterocycles. The second-order valence-corrected chi connectivity index (χ2v) is 8.54. The second kappa shape index (κ2) is 16.2. The van der Waals surface area contributed by atoms with Gasteiger partial charge in [-0.3, -0.25) is 14.5 Å². The molecule has 0 aliphatic rings. The molecule has 0 radical (unpaired) electrons. The molecule has 5 nitrogen and oxygen atoms in total. The topological polar surface area (TPSA) is 55.8 Å². The van der Waals surface area contributed by atoms with E-state index < -0.39 is 0 Å². The highest BCUT2D eigenvalue weighted by Gasteiger charge is 2.05. The van der Waals surface area contributed by atoms with Crippen LogP contribution in [-0.4, -0.2) is 61.8 Å². The van der Waals surface area contributed by atoms with E-state index in [4.69, 9.17) is 9.47 Å². The minimum absolute atomic E-state index is 0.0762. The van der Waals surface area contributed by atoms with Crippen molar-refractivity contribution in [3.05, 3.63) is 0 Å². The van der Waals surface area contributed by atoms with Gasteiger partial charge in [-0.2, -0.15) is 0 Å². The molecule has 0 bridgehead atoms. The van der Waals surface area contributed by atoms with Gasteiger partial charge < -0.3 is 9.47 Å². The lowest BCUT2D eigenvalue weighted by molar-refractivity contribution is -0.112. The molecule has 124 valence electrons. The normalized spacial score (nSPS) is 12.2. The fraction of sp³-hybridized carbons (Fsp3) is 0.818. The lowest BCUT2D eigenvalue weighted by Crippen LogP contribution is -2.30. The summed E-state index contributed by atoms with van der Waals surface area (Å²) in [7, 11) is 8.40. The van der Waals surface area contributed by atoms with Gasteiger partial charge in [0.1, 0.15) is 0 Å². The Morgan fingerprint density at radius 3 is 2.00 bits per heavy atom. The van der Waals surface area contributed by atoms with Gasteiger partial charge in [0, 0.05) is 32.2 Å². The monoisotopic (exact) mass is 391 g/mol. The summed E-state index contributed by atoms with van der Waals surface area (Å²) in [5, 5.41) is 0. The van der Waals surface area contributed by atoms with E-state index in [-0.39, 0.29) is 19.3 Å². The van der Waals surface area contributed by atoms with Crippen LogP contribution in [0.5, 0.6) is 0 Å². The van der Waals surface area contributed by atoms with Crippen molar-refractivity contribution >= 4 is 54.7 Å². The molecule has 0 fully saturated rings. The van der Waals surface area contributed by atoms with Crippen LogP contribution in [-0.2, 0) is 19.1 Å². The molecule has 0 amide bonds. The summed E-state index contributed by atoms with van der Waals surface area (Å²) in [6, 6.07) is 0. The molecule has 5 atom stereocenters. The Kier molecular flexibility index (Phi) is 17.3. The summed E-state index contributed by atoms with van der Waals surface area (Å²) in [6.45, 7) is 3.91. The number of carbonyl (C=O) groups is 2. The largest absolute Gasteiger partial charge is 0.380 e. The zero-order valence-corrected chi connectivity index (χ0v) is 17.6. The number of ether oxygens (including phenoxy) is 2. The molecule has 0 N–H and O–H groups in total. The van der Waals surface area contributed by atoms with Crippen molar-refractivity contribution < 1.29 is 19.1 Å². The van der Waals surface area contributed by atoms with Crippen molar-refractivity contribution in [3.63, 3.8) is 0 Å². The SMILES string of the molecule is O=C(P)CCOCCN(CCOCCC(=O)PP)CPP. The van der Waals surface area contributed by atoms with Crippen LogP contribution >= 0.6 is 43.6 Å². The third-order valence-electron chi connectivity index (χ3n) is 2.55. The maximum absolute atomic E-state index is 11.1. The van der Waals surface area contributed by atoms with Gasteiger partial charge in [0.15, 0.2) is 11.0 Å². The molecule has 0 aromatic rings. The van der Waals surface area contributed by atoms with E-state index in [1.54, 1.807) is 0 Å². The lowest BCUT2D eigenvalue weighted by atomic mass is 10.5. The van der Waals surface area contributed by atoms with E-state index in [0.717, 1.165) is 27.6 Å². The van der Waals surface area contributed by atoms with Gasteiger partial charge in [-0.15, -0.1) is 17.9 Å². The van der Waals surface area contributed by atoms with Crippen LogP contribution in [0, 0.1) is 0 Å². The van der Waals surface area contributed by atoms with E-state index in [1.165, 1.54) is 0 Å². The quantitative estimate of drug-likeness (QED) is 0.316. The number of hydrogen-bond acceptors (Lipinski definition) is 5. The molecule has 0 heterocycles. The van der Waals surface area contributed by atoms with Crippen molar-refractivity contribution in [2.75, 3.05) is 45.8 Å². The molecule has 21 heavy (non-hydrogen) atoms. The Morgan fingerprint density at radius 1 is 0.952 bits per heavy atom. The van der Waals surface area contributed by atoms with Crippen molar-refractivity contribution in [1.82, 2.24) is 4.90 Å². The zero-order chi connectivity index (χ0) is 15.9. The van der Waals surface area contributed by atoms with Gasteiger partial charge in [-0.1, -0.05) is 17.5 Å². The molecule has 0 aromatic carbocycles. The molecule has 0 aliphatic carbocycles. The zero-order valence-electron chi connectivity index (χ0n) is 12.2. The van der Waals surface area contributed by atoms with Gasteiger partial charge >= 0.3 is 0 Å².